The molecule has 0 radical (unpaired) electrons. The number of anilines is 1. The molecule has 2 saturated carbocycles. The fourth-order valence-corrected chi connectivity index (χ4v) is 6.48. The summed E-state index contributed by atoms with van der Waals surface area (Å²) < 4.78 is 0. The molecule has 10 heteroatoms. The number of carboxylic acids is 1. The number of piperidine rings is 1. The average Bonchev–Trinajstić information content (AvgIpc) is 3.30. The third-order valence-corrected chi connectivity index (χ3v) is 8.97. The maximum Gasteiger partial charge on any atom is 0.347 e. The summed E-state index contributed by atoms with van der Waals surface area (Å²) >= 11 is 13.5. The van der Waals surface area contributed by atoms with Crippen LogP contribution >= 0.6 is 34.5 Å². The molecule has 3 heterocycles. The van der Waals surface area contributed by atoms with E-state index in [1.54, 1.807) is 6.92 Å². The number of carbonyl (C=O) groups is 2. The standard InChI is InChI=1S/C21H24Cl2N4O3S/c1-9-14(22)15(23)17(24-9)19(28)26-16-11-7-27(8-12(11)16)21-25-13(18(31-21)20(29)30)6-10-4-2-3-5-10/h10-12,16,24H,2-8H2,1H3,(H,26,28)(H,29,30)/t11-,12+,16+. The van der Waals surface area contributed by atoms with Gasteiger partial charge in [-0.25, -0.2) is 9.78 Å². The van der Waals surface area contributed by atoms with Crippen LogP contribution in [0.3, 0.4) is 0 Å². The topological polar surface area (TPSA) is 98.3 Å². The lowest BCUT2D eigenvalue weighted by Crippen LogP contribution is -2.34. The van der Waals surface area contributed by atoms with Crippen molar-refractivity contribution in [3.8, 4) is 0 Å². The zero-order valence-electron chi connectivity index (χ0n) is 17.1. The van der Waals surface area contributed by atoms with E-state index in [-0.39, 0.29) is 17.0 Å². The Morgan fingerprint density at radius 3 is 2.48 bits per heavy atom. The zero-order valence-corrected chi connectivity index (χ0v) is 19.4. The number of aromatic carboxylic acids is 1. The Bertz CT molecular complexity index is 1030. The Labute approximate surface area is 194 Å². The van der Waals surface area contributed by atoms with Crippen molar-refractivity contribution >= 4 is 51.5 Å². The predicted molar refractivity (Wildman–Crippen MR) is 121 cm³/mol. The van der Waals surface area contributed by atoms with Gasteiger partial charge in [0.15, 0.2) is 5.13 Å². The number of H-pyrrole nitrogens is 1. The largest absolute Gasteiger partial charge is 0.477 e. The van der Waals surface area contributed by atoms with Crippen molar-refractivity contribution in [2.24, 2.45) is 17.8 Å². The zero-order chi connectivity index (χ0) is 21.9. The fourth-order valence-electron chi connectivity index (χ4n) is 5.12. The van der Waals surface area contributed by atoms with Crippen LogP contribution in [0, 0.1) is 24.7 Å². The number of carbonyl (C=O) groups excluding carboxylic acids is 1. The molecule has 0 aromatic carbocycles. The van der Waals surface area contributed by atoms with Gasteiger partial charge in [-0.2, -0.15) is 0 Å². The molecule has 1 amide bonds. The van der Waals surface area contributed by atoms with Gasteiger partial charge in [0.2, 0.25) is 0 Å². The molecular weight excluding hydrogens is 459 g/mol. The first kappa shape index (κ1) is 21.1. The van der Waals surface area contributed by atoms with Crippen molar-refractivity contribution in [3.05, 3.63) is 32.0 Å². The van der Waals surface area contributed by atoms with Crippen LogP contribution in [0.25, 0.3) is 0 Å². The molecule has 2 aromatic heterocycles. The van der Waals surface area contributed by atoms with Crippen LogP contribution in [0.1, 0.15) is 57.2 Å². The molecule has 0 bridgehead atoms. The minimum atomic E-state index is -0.886. The van der Waals surface area contributed by atoms with Crippen molar-refractivity contribution in [1.29, 1.82) is 0 Å². The van der Waals surface area contributed by atoms with Gasteiger partial charge in [0, 0.05) is 36.7 Å². The number of aryl methyl sites for hydroxylation is 1. The van der Waals surface area contributed by atoms with E-state index in [2.05, 4.69) is 15.2 Å². The van der Waals surface area contributed by atoms with Crippen LogP contribution in [0.2, 0.25) is 10.0 Å². The number of amides is 1. The Morgan fingerprint density at radius 2 is 1.90 bits per heavy atom. The van der Waals surface area contributed by atoms with E-state index in [0.29, 0.717) is 39.0 Å². The summed E-state index contributed by atoms with van der Waals surface area (Å²) in [6.07, 6.45) is 5.54. The Balaban J connectivity index is 1.22. The minimum absolute atomic E-state index is 0.0964. The number of thiazole rings is 1. The van der Waals surface area contributed by atoms with Gasteiger partial charge >= 0.3 is 5.97 Å². The fraction of sp³-hybridized carbons (Fsp3) is 0.571. The molecule has 2 aromatic rings. The minimum Gasteiger partial charge on any atom is -0.477 e. The van der Waals surface area contributed by atoms with Gasteiger partial charge in [-0.1, -0.05) is 60.2 Å². The van der Waals surface area contributed by atoms with Crippen molar-refractivity contribution in [2.45, 2.75) is 45.1 Å². The molecule has 166 valence electrons. The maximum atomic E-state index is 12.6. The van der Waals surface area contributed by atoms with E-state index in [1.807, 2.05) is 0 Å². The molecule has 2 aliphatic carbocycles. The molecule has 3 aliphatic rings. The normalized spacial score (nSPS) is 25.1. The third kappa shape index (κ3) is 3.83. The molecule has 3 N–H and O–H groups in total. The van der Waals surface area contributed by atoms with E-state index in [0.717, 1.165) is 43.2 Å². The van der Waals surface area contributed by atoms with E-state index in [9.17, 15) is 14.7 Å². The highest BCUT2D eigenvalue weighted by molar-refractivity contribution is 7.17. The quantitative estimate of drug-likeness (QED) is 0.567. The van der Waals surface area contributed by atoms with Gasteiger partial charge in [-0.3, -0.25) is 4.79 Å². The molecule has 1 aliphatic heterocycles. The summed E-state index contributed by atoms with van der Waals surface area (Å²) in [5.74, 6) is 0.0984. The number of halogens is 2. The summed E-state index contributed by atoms with van der Waals surface area (Å²) in [6, 6.07) is 0.0964. The molecule has 3 fully saturated rings. The summed E-state index contributed by atoms with van der Waals surface area (Å²) in [5, 5.41) is 14.1. The Hall–Kier alpha value is -1.77. The average molecular weight is 483 g/mol. The first-order chi connectivity index (χ1) is 14.8. The van der Waals surface area contributed by atoms with Crippen LogP contribution in [0.5, 0.6) is 0 Å². The number of aromatic amines is 1. The smallest absolute Gasteiger partial charge is 0.347 e. The molecule has 7 nitrogen and oxygen atoms in total. The molecule has 31 heavy (non-hydrogen) atoms. The van der Waals surface area contributed by atoms with E-state index in [1.165, 1.54) is 24.2 Å². The second-order valence-corrected chi connectivity index (χ2v) is 10.7. The summed E-state index contributed by atoms with van der Waals surface area (Å²) in [4.78, 5) is 34.5. The highest BCUT2D eigenvalue weighted by Gasteiger charge is 2.57. The van der Waals surface area contributed by atoms with Gasteiger partial charge in [0.1, 0.15) is 10.6 Å². The van der Waals surface area contributed by atoms with Crippen LogP contribution in [0.4, 0.5) is 5.13 Å². The highest BCUT2D eigenvalue weighted by atomic mass is 35.5. The second kappa shape index (κ2) is 7.98. The number of fused-ring (bicyclic) bond motifs is 1. The Kier molecular flexibility index (Phi) is 5.43. The van der Waals surface area contributed by atoms with Gasteiger partial charge in [-0.15, -0.1) is 0 Å². The molecular formula is C21H24Cl2N4O3S. The van der Waals surface area contributed by atoms with E-state index in [4.69, 9.17) is 28.2 Å². The molecule has 5 rings (SSSR count). The van der Waals surface area contributed by atoms with E-state index < -0.39 is 5.97 Å². The molecule has 1 saturated heterocycles. The number of aromatic nitrogens is 2. The SMILES string of the molecule is Cc1[nH]c(C(=O)N[C@H]2[C@@H]3CN(c4nc(CC5CCCC5)c(C(=O)O)s4)C[C@@H]32)c(Cl)c1Cl. The van der Waals surface area contributed by atoms with Crippen molar-refractivity contribution in [1.82, 2.24) is 15.3 Å². The lowest BCUT2D eigenvalue weighted by atomic mass is 10.0. The van der Waals surface area contributed by atoms with Crippen LogP contribution in [-0.4, -0.2) is 46.1 Å². The predicted octanol–water partition coefficient (Wildman–Crippen LogP) is 4.38. The van der Waals surface area contributed by atoms with Crippen molar-refractivity contribution < 1.29 is 14.7 Å². The number of rotatable bonds is 6. The second-order valence-electron chi connectivity index (χ2n) is 8.92. The lowest BCUT2D eigenvalue weighted by molar-refractivity contribution is 0.0700. The van der Waals surface area contributed by atoms with Crippen LogP contribution < -0.4 is 10.2 Å². The van der Waals surface area contributed by atoms with Crippen LogP contribution in [0.15, 0.2) is 0 Å². The first-order valence-electron chi connectivity index (χ1n) is 10.7. The monoisotopic (exact) mass is 482 g/mol. The summed E-state index contributed by atoms with van der Waals surface area (Å²) in [6.45, 7) is 3.31. The number of carboxylic acid groups (broad SMARTS) is 1. The van der Waals surface area contributed by atoms with Gasteiger partial charge in [0.05, 0.1) is 15.7 Å². The van der Waals surface area contributed by atoms with Crippen molar-refractivity contribution in [2.75, 3.05) is 18.0 Å². The molecule has 3 atom stereocenters. The van der Waals surface area contributed by atoms with Gasteiger partial charge < -0.3 is 20.3 Å². The maximum absolute atomic E-state index is 12.6. The van der Waals surface area contributed by atoms with Crippen LogP contribution in [-0.2, 0) is 6.42 Å². The number of nitrogens with zero attached hydrogens (tertiary/aromatic N) is 2. The summed E-state index contributed by atoms with van der Waals surface area (Å²) in [7, 11) is 0. The molecule has 0 unspecified atom stereocenters. The van der Waals surface area contributed by atoms with Gasteiger partial charge in [-0.05, 0) is 19.3 Å². The first-order valence-corrected chi connectivity index (χ1v) is 12.2. The van der Waals surface area contributed by atoms with E-state index >= 15 is 0 Å². The third-order valence-electron chi connectivity index (χ3n) is 6.88. The summed E-state index contributed by atoms with van der Waals surface area (Å²) in [5.41, 5.74) is 1.71. The number of hydrogen-bond donors (Lipinski definition) is 3. The lowest BCUT2D eigenvalue weighted by Gasteiger charge is -2.19. The van der Waals surface area contributed by atoms with Crippen molar-refractivity contribution in [3.63, 3.8) is 0 Å². The van der Waals surface area contributed by atoms with Gasteiger partial charge in [0.25, 0.3) is 5.91 Å². The Morgan fingerprint density at radius 1 is 1.23 bits per heavy atom. The number of nitrogens with one attached hydrogen (secondary N) is 2. The number of hydrogen-bond acceptors (Lipinski definition) is 5. The molecule has 0 spiro atoms. The highest BCUT2D eigenvalue weighted by Crippen LogP contribution is 2.48.